The summed E-state index contributed by atoms with van der Waals surface area (Å²) in [6, 6.07) is 0.0426. The van der Waals surface area contributed by atoms with E-state index in [1.54, 1.807) is 0 Å². The minimum absolute atomic E-state index is 0.00862. The fourth-order valence-electron chi connectivity index (χ4n) is 1.63. The lowest BCUT2D eigenvalue weighted by atomic mass is 10.2. The number of carbonyl (C=O) groups is 2. The van der Waals surface area contributed by atoms with Crippen LogP contribution < -0.4 is 16.6 Å². The van der Waals surface area contributed by atoms with Gasteiger partial charge in [0.05, 0.1) is 5.56 Å². The summed E-state index contributed by atoms with van der Waals surface area (Å²) in [6.07, 6.45) is 1.91. The maximum absolute atomic E-state index is 11.9. The van der Waals surface area contributed by atoms with E-state index in [0.717, 1.165) is 17.2 Å². The monoisotopic (exact) mass is 281 g/mol. The SMILES string of the molecule is CCC(C)NC(=O)CCn1c(=O)[nH]cc(C(C)=O)c1=O. The molecule has 2 N–H and O–H groups in total. The van der Waals surface area contributed by atoms with Crippen LogP contribution in [0.5, 0.6) is 0 Å². The minimum atomic E-state index is -0.669. The van der Waals surface area contributed by atoms with Crippen molar-refractivity contribution in [1.29, 1.82) is 0 Å². The third-order valence-electron chi connectivity index (χ3n) is 3.02. The Morgan fingerprint density at radius 3 is 2.60 bits per heavy atom. The van der Waals surface area contributed by atoms with Crippen LogP contribution in [0.1, 0.15) is 44.0 Å². The summed E-state index contributed by atoms with van der Waals surface area (Å²) < 4.78 is 0.868. The molecule has 1 aromatic heterocycles. The predicted molar refractivity (Wildman–Crippen MR) is 73.8 cm³/mol. The van der Waals surface area contributed by atoms with Gasteiger partial charge in [-0.25, -0.2) is 4.79 Å². The van der Waals surface area contributed by atoms with Crippen molar-refractivity contribution >= 4 is 11.7 Å². The summed E-state index contributed by atoms with van der Waals surface area (Å²) in [5.74, 6) is -0.664. The Balaban J connectivity index is 2.86. The van der Waals surface area contributed by atoms with Crippen molar-refractivity contribution < 1.29 is 9.59 Å². The number of aromatic nitrogens is 2. The average Bonchev–Trinajstić information content (AvgIpc) is 2.37. The number of aromatic amines is 1. The molecule has 1 heterocycles. The van der Waals surface area contributed by atoms with Crippen molar-refractivity contribution in [2.24, 2.45) is 0 Å². The maximum Gasteiger partial charge on any atom is 0.328 e. The summed E-state index contributed by atoms with van der Waals surface area (Å²) in [6.45, 7) is 5.00. The van der Waals surface area contributed by atoms with Crippen LogP contribution >= 0.6 is 0 Å². The van der Waals surface area contributed by atoms with Gasteiger partial charge in [-0.05, 0) is 20.3 Å². The number of H-pyrrole nitrogens is 1. The molecule has 7 heteroatoms. The van der Waals surface area contributed by atoms with Crippen LogP contribution in [0.2, 0.25) is 0 Å². The van der Waals surface area contributed by atoms with Crippen LogP contribution in [0.25, 0.3) is 0 Å². The third-order valence-corrected chi connectivity index (χ3v) is 3.02. The number of hydrogen-bond acceptors (Lipinski definition) is 4. The minimum Gasteiger partial charge on any atom is -0.354 e. The predicted octanol–water partition coefficient (Wildman–Crippen LogP) is 0.0440. The van der Waals surface area contributed by atoms with E-state index in [4.69, 9.17) is 0 Å². The molecule has 0 aliphatic carbocycles. The molecular weight excluding hydrogens is 262 g/mol. The second-order valence-electron chi connectivity index (χ2n) is 4.65. The molecule has 0 bridgehead atoms. The smallest absolute Gasteiger partial charge is 0.328 e. The topological polar surface area (TPSA) is 101 Å². The zero-order chi connectivity index (χ0) is 15.3. The number of nitrogens with one attached hydrogen (secondary N) is 2. The Morgan fingerprint density at radius 1 is 1.40 bits per heavy atom. The first-order valence-electron chi connectivity index (χ1n) is 6.49. The fourth-order valence-corrected chi connectivity index (χ4v) is 1.63. The molecule has 0 radical (unpaired) electrons. The van der Waals surface area contributed by atoms with E-state index in [0.29, 0.717) is 0 Å². The Bertz CT molecular complexity index is 615. The fraction of sp³-hybridized carbons (Fsp3) is 0.538. The molecule has 20 heavy (non-hydrogen) atoms. The van der Waals surface area contributed by atoms with E-state index in [1.807, 2.05) is 13.8 Å². The normalized spacial score (nSPS) is 11.9. The molecule has 0 aliphatic heterocycles. The molecule has 1 aromatic rings. The van der Waals surface area contributed by atoms with Crippen molar-refractivity contribution in [1.82, 2.24) is 14.9 Å². The molecule has 1 amide bonds. The summed E-state index contributed by atoms with van der Waals surface area (Å²) in [5, 5.41) is 2.74. The standard InChI is InChI=1S/C13H19N3O4/c1-4-8(2)15-11(18)5-6-16-12(19)10(9(3)17)7-14-13(16)20/h7-8H,4-6H2,1-3H3,(H,14,20)(H,15,18). The molecule has 1 atom stereocenters. The molecule has 0 saturated heterocycles. The molecule has 7 nitrogen and oxygen atoms in total. The van der Waals surface area contributed by atoms with Crippen LogP contribution in [0, 0.1) is 0 Å². The van der Waals surface area contributed by atoms with Gasteiger partial charge in [0.15, 0.2) is 5.78 Å². The Morgan fingerprint density at radius 2 is 2.05 bits per heavy atom. The molecule has 0 spiro atoms. The van der Waals surface area contributed by atoms with Crippen molar-refractivity contribution in [3.63, 3.8) is 0 Å². The van der Waals surface area contributed by atoms with Crippen LogP contribution in [-0.4, -0.2) is 27.3 Å². The molecule has 1 rings (SSSR count). The van der Waals surface area contributed by atoms with Gasteiger partial charge >= 0.3 is 5.69 Å². The van der Waals surface area contributed by atoms with Crippen LogP contribution in [0.4, 0.5) is 0 Å². The third kappa shape index (κ3) is 3.91. The van der Waals surface area contributed by atoms with Gasteiger partial charge in [-0.1, -0.05) is 6.92 Å². The highest BCUT2D eigenvalue weighted by molar-refractivity contribution is 5.93. The summed E-state index contributed by atoms with van der Waals surface area (Å²) >= 11 is 0. The van der Waals surface area contributed by atoms with E-state index in [-0.39, 0.29) is 30.5 Å². The van der Waals surface area contributed by atoms with Crippen LogP contribution in [0.15, 0.2) is 15.8 Å². The quantitative estimate of drug-likeness (QED) is 0.719. The second kappa shape index (κ2) is 6.83. The first kappa shape index (κ1) is 15.9. The van der Waals surface area contributed by atoms with Crippen molar-refractivity contribution in [3.05, 3.63) is 32.6 Å². The molecule has 1 unspecified atom stereocenters. The van der Waals surface area contributed by atoms with Crippen LogP contribution in [-0.2, 0) is 11.3 Å². The highest BCUT2D eigenvalue weighted by Gasteiger charge is 2.12. The molecule has 0 aromatic carbocycles. The molecule has 0 aliphatic rings. The largest absolute Gasteiger partial charge is 0.354 e. The average molecular weight is 281 g/mol. The maximum atomic E-state index is 11.9. The number of amides is 1. The number of carbonyl (C=O) groups excluding carboxylic acids is 2. The second-order valence-corrected chi connectivity index (χ2v) is 4.65. The van der Waals surface area contributed by atoms with Crippen molar-refractivity contribution in [3.8, 4) is 0 Å². The molecular formula is C13H19N3O4. The van der Waals surface area contributed by atoms with E-state index in [9.17, 15) is 19.2 Å². The summed E-state index contributed by atoms with van der Waals surface area (Å²) in [5.41, 5.74) is -1.39. The first-order valence-corrected chi connectivity index (χ1v) is 6.49. The lowest BCUT2D eigenvalue weighted by molar-refractivity contribution is -0.121. The lowest BCUT2D eigenvalue weighted by Crippen LogP contribution is -2.40. The molecule has 0 saturated carbocycles. The van der Waals surface area contributed by atoms with E-state index in [1.165, 1.54) is 6.92 Å². The van der Waals surface area contributed by atoms with Gasteiger partial charge in [0.2, 0.25) is 5.91 Å². The van der Waals surface area contributed by atoms with Gasteiger partial charge in [-0.3, -0.25) is 19.0 Å². The lowest BCUT2D eigenvalue weighted by Gasteiger charge is -2.11. The van der Waals surface area contributed by atoms with E-state index < -0.39 is 17.0 Å². The summed E-state index contributed by atoms with van der Waals surface area (Å²) in [7, 11) is 0. The van der Waals surface area contributed by atoms with Crippen molar-refractivity contribution in [2.45, 2.75) is 46.2 Å². The Hall–Kier alpha value is -2.18. The zero-order valence-corrected chi connectivity index (χ0v) is 11.9. The number of rotatable bonds is 6. The number of ketones is 1. The molecule has 110 valence electrons. The van der Waals surface area contributed by atoms with Gasteiger partial charge in [0.1, 0.15) is 0 Å². The summed E-state index contributed by atoms with van der Waals surface area (Å²) in [4.78, 5) is 48.7. The van der Waals surface area contributed by atoms with Crippen molar-refractivity contribution in [2.75, 3.05) is 0 Å². The highest BCUT2D eigenvalue weighted by Crippen LogP contribution is 1.92. The Kier molecular flexibility index (Phi) is 5.42. The van der Waals surface area contributed by atoms with Gasteiger partial charge in [-0.15, -0.1) is 0 Å². The Labute approximate surface area is 116 Å². The first-order chi connectivity index (χ1) is 9.36. The van der Waals surface area contributed by atoms with Gasteiger partial charge in [-0.2, -0.15) is 0 Å². The zero-order valence-electron chi connectivity index (χ0n) is 11.9. The highest BCUT2D eigenvalue weighted by atomic mass is 16.2. The van der Waals surface area contributed by atoms with E-state index >= 15 is 0 Å². The van der Waals surface area contributed by atoms with Gasteiger partial charge in [0, 0.05) is 25.2 Å². The van der Waals surface area contributed by atoms with Crippen LogP contribution in [0.3, 0.4) is 0 Å². The van der Waals surface area contributed by atoms with E-state index in [2.05, 4.69) is 10.3 Å². The number of hydrogen-bond donors (Lipinski definition) is 2. The number of nitrogens with zero attached hydrogens (tertiary/aromatic N) is 1. The van der Waals surface area contributed by atoms with Gasteiger partial charge < -0.3 is 10.3 Å². The number of Topliss-reactive ketones (excluding diaryl/α,β-unsaturated/α-hetero) is 1. The molecule has 0 fully saturated rings. The van der Waals surface area contributed by atoms with Gasteiger partial charge in [0.25, 0.3) is 5.56 Å².